The maximum Gasteiger partial charge on any atom is 0.336 e. The van der Waals surface area contributed by atoms with Crippen molar-refractivity contribution in [2.75, 3.05) is 69.5 Å². The van der Waals surface area contributed by atoms with Gasteiger partial charge >= 0.3 is 29.2 Å². The molecule has 0 bridgehead atoms. The van der Waals surface area contributed by atoms with E-state index in [9.17, 15) is 48.9 Å². The number of carbonyl (C=O) groups is 5. The Morgan fingerprint density at radius 3 is 1.27 bits per heavy atom. The summed E-state index contributed by atoms with van der Waals surface area (Å²) in [6.07, 6.45) is 0. The predicted octanol–water partition coefficient (Wildman–Crippen LogP) is 0.636. The number of benzene rings is 2. The number of aliphatic carboxylic acids is 3. The quantitative estimate of drug-likeness (QED) is 0.0907. The minimum Gasteiger partial charge on any atom is -0.480 e. The van der Waals surface area contributed by atoms with E-state index in [1.165, 1.54) is 63.2 Å². The third kappa shape index (κ3) is 11.7. The van der Waals surface area contributed by atoms with Crippen molar-refractivity contribution in [3.05, 3.63) is 81.5 Å². The second-order valence-electron chi connectivity index (χ2n) is 11.0. The number of nitrogens with one attached hydrogen (secondary N) is 2. The van der Waals surface area contributed by atoms with E-state index in [0.29, 0.717) is 33.3 Å². The van der Waals surface area contributed by atoms with Crippen molar-refractivity contribution >= 4 is 63.0 Å². The van der Waals surface area contributed by atoms with Gasteiger partial charge in [0.2, 0.25) is 11.8 Å². The van der Waals surface area contributed by atoms with Crippen LogP contribution in [0.5, 0.6) is 0 Å². The molecule has 0 unspecified atom stereocenters. The molecule has 0 aliphatic carbocycles. The predicted molar refractivity (Wildman–Crippen MR) is 174 cm³/mol. The van der Waals surface area contributed by atoms with E-state index in [2.05, 4.69) is 10.6 Å². The van der Waals surface area contributed by atoms with Crippen molar-refractivity contribution in [1.82, 2.24) is 14.7 Å². The molecule has 2 heterocycles. The first kappa shape index (κ1) is 35.9. The molecule has 4 aromatic rings. The molecule has 2 amide bonds. The lowest BCUT2D eigenvalue weighted by Crippen LogP contribution is -2.46. The van der Waals surface area contributed by atoms with Gasteiger partial charge < -0.3 is 34.8 Å². The lowest BCUT2D eigenvalue weighted by Gasteiger charge is -2.28. The molecule has 5 N–H and O–H groups in total. The van der Waals surface area contributed by atoms with Crippen LogP contribution in [-0.4, -0.2) is 119 Å². The first-order valence-electron chi connectivity index (χ1n) is 14.8. The van der Waals surface area contributed by atoms with E-state index in [1.54, 1.807) is 12.1 Å². The molecule has 17 heteroatoms. The highest BCUT2D eigenvalue weighted by Crippen LogP contribution is 2.19. The monoisotopic (exact) mass is 679 g/mol. The van der Waals surface area contributed by atoms with Gasteiger partial charge in [0.25, 0.3) is 0 Å². The molecular formula is C32H33N5O12. The van der Waals surface area contributed by atoms with Crippen LogP contribution in [0.3, 0.4) is 0 Å². The SMILES string of the molecule is O=C(O)CN(CCN(CC(=O)O)CC(=O)Nc1ccc2oc(=O)ccc2c1)CCN(CC(=O)O)CC(=O)Nc1ccc2oc(=O)ccc2c1. The number of carbonyl (C=O) groups excluding carboxylic acids is 2. The molecular weight excluding hydrogens is 646 g/mol. The summed E-state index contributed by atoms with van der Waals surface area (Å²) >= 11 is 0. The highest BCUT2D eigenvalue weighted by atomic mass is 16.4. The number of fused-ring (bicyclic) bond motifs is 2. The van der Waals surface area contributed by atoms with E-state index < -0.39 is 60.6 Å². The van der Waals surface area contributed by atoms with Gasteiger partial charge in [-0.15, -0.1) is 0 Å². The zero-order valence-corrected chi connectivity index (χ0v) is 26.0. The largest absolute Gasteiger partial charge is 0.480 e. The van der Waals surface area contributed by atoms with Gasteiger partial charge in [0.1, 0.15) is 11.2 Å². The lowest BCUT2D eigenvalue weighted by molar-refractivity contribution is -0.140. The number of amides is 2. The Kier molecular flexibility index (Phi) is 12.3. The second-order valence-corrected chi connectivity index (χ2v) is 11.0. The van der Waals surface area contributed by atoms with E-state index in [4.69, 9.17) is 8.83 Å². The van der Waals surface area contributed by atoms with Crippen molar-refractivity contribution in [2.24, 2.45) is 0 Å². The van der Waals surface area contributed by atoms with E-state index in [1.807, 2.05) is 0 Å². The van der Waals surface area contributed by atoms with Crippen LogP contribution in [0, 0.1) is 0 Å². The van der Waals surface area contributed by atoms with Crippen LogP contribution in [0.15, 0.2) is 79.1 Å². The summed E-state index contributed by atoms with van der Waals surface area (Å²) in [6, 6.07) is 14.7. The minimum atomic E-state index is -1.21. The van der Waals surface area contributed by atoms with Gasteiger partial charge in [-0.3, -0.25) is 38.7 Å². The maximum absolute atomic E-state index is 12.8. The average Bonchev–Trinajstić information content (AvgIpc) is 3.01. The van der Waals surface area contributed by atoms with E-state index in [-0.39, 0.29) is 39.3 Å². The zero-order valence-electron chi connectivity index (χ0n) is 26.0. The molecule has 0 fully saturated rings. The van der Waals surface area contributed by atoms with Crippen LogP contribution in [-0.2, 0) is 24.0 Å². The van der Waals surface area contributed by atoms with Gasteiger partial charge in [0.05, 0.1) is 32.7 Å². The van der Waals surface area contributed by atoms with Gasteiger partial charge in [-0.05, 0) is 48.5 Å². The first-order chi connectivity index (χ1) is 23.3. The molecule has 2 aromatic carbocycles. The Balaban J connectivity index is 1.35. The fraction of sp³-hybridized carbons (Fsp3) is 0.281. The number of carboxylic acids is 3. The molecule has 0 atom stereocenters. The number of rotatable bonds is 18. The molecule has 0 aliphatic rings. The minimum absolute atomic E-state index is 0.00217. The summed E-state index contributed by atoms with van der Waals surface area (Å²) in [5.41, 5.74) is 0.350. The van der Waals surface area contributed by atoms with Gasteiger partial charge in [-0.1, -0.05) is 0 Å². The van der Waals surface area contributed by atoms with Crippen LogP contribution >= 0.6 is 0 Å². The molecule has 4 rings (SSSR count). The molecule has 17 nitrogen and oxygen atoms in total. The second kappa shape index (κ2) is 16.8. The molecule has 0 radical (unpaired) electrons. The van der Waals surface area contributed by atoms with Gasteiger partial charge in [-0.2, -0.15) is 0 Å². The number of hydrogen-bond acceptors (Lipinski definition) is 12. The average molecular weight is 680 g/mol. The van der Waals surface area contributed by atoms with Gasteiger partial charge in [0, 0.05) is 60.5 Å². The zero-order chi connectivity index (χ0) is 35.5. The smallest absolute Gasteiger partial charge is 0.336 e. The highest BCUT2D eigenvalue weighted by Gasteiger charge is 2.20. The summed E-state index contributed by atoms with van der Waals surface area (Å²) in [6.45, 7) is -2.27. The van der Waals surface area contributed by atoms with Crippen molar-refractivity contribution in [1.29, 1.82) is 0 Å². The fourth-order valence-corrected chi connectivity index (χ4v) is 4.94. The van der Waals surface area contributed by atoms with Crippen molar-refractivity contribution < 1.29 is 48.1 Å². The number of carboxylic acid groups (broad SMARTS) is 3. The van der Waals surface area contributed by atoms with Gasteiger partial charge in [-0.25, -0.2) is 9.59 Å². The first-order valence-corrected chi connectivity index (χ1v) is 14.8. The maximum atomic E-state index is 12.8. The van der Waals surface area contributed by atoms with Crippen LogP contribution < -0.4 is 21.9 Å². The summed E-state index contributed by atoms with van der Waals surface area (Å²) in [5, 5.41) is 34.7. The summed E-state index contributed by atoms with van der Waals surface area (Å²) in [5.74, 6) is -4.71. The molecule has 0 spiro atoms. The van der Waals surface area contributed by atoms with Crippen molar-refractivity contribution in [3.8, 4) is 0 Å². The third-order valence-corrected chi connectivity index (χ3v) is 7.08. The summed E-state index contributed by atoms with van der Waals surface area (Å²) < 4.78 is 10.1. The van der Waals surface area contributed by atoms with Crippen molar-refractivity contribution in [3.63, 3.8) is 0 Å². The number of nitrogens with zero attached hydrogens (tertiary/aromatic N) is 3. The molecule has 258 valence electrons. The molecule has 2 aromatic heterocycles. The molecule has 0 aliphatic heterocycles. The fourth-order valence-electron chi connectivity index (χ4n) is 4.94. The summed E-state index contributed by atoms with van der Waals surface area (Å²) in [4.78, 5) is 87.2. The van der Waals surface area contributed by atoms with E-state index >= 15 is 0 Å². The topological polar surface area (TPSA) is 240 Å². The van der Waals surface area contributed by atoms with Crippen molar-refractivity contribution in [2.45, 2.75) is 0 Å². The molecule has 0 saturated heterocycles. The Hall–Kier alpha value is -5.91. The van der Waals surface area contributed by atoms with Crippen LogP contribution in [0.25, 0.3) is 21.9 Å². The Labute approximate surface area is 276 Å². The lowest BCUT2D eigenvalue weighted by atomic mass is 10.2. The van der Waals surface area contributed by atoms with E-state index in [0.717, 1.165) is 0 Å². The number of anilines is 2. The normalized spacial score (nSPS) is 11.3. The van der Waals surface area contributed by atoms with Crippen LogP contribution in [0.4, 0.5) is 11.4 Å². The highest BCUT2D eigenvalue weighted by molar-refractivity contribution is 5.95. The Morgan fingerprint density at radius 2 is 0.878 bits per heavy atom. The molecule has 0 saturated carbocycles. The standard InChI is InChI=1S/C32H33N5O12/c38-26(33-22-3-5-24-20(13-22)1-7-31(46)48-24)15-36(18-29(42)43)11-9-35(17-28(40)41)10-12-37(19-30(44)45)16-27(39)34-23-4-6-25-21(14-23)2-8-32(47)49-25/h1-8,13-14H,9-12,15-19H2,(H,33,38)(H,34,39)(H,40,41)(H,42,43)(H,44,45). The third-order valence-electron chi connectivity index (χ3n) is 7.08. The molecule has 49 heavy (non-hydrogen) atoms. The van der Waals surface area contributed by atoms with Gasteiger partial charge in [0.15, 0.2) is 0 Å². The Morgan fingerprint density at radius 1 is 0.510 bits per heavy atom. The Bertz CT molecular complexity index is 1840. The number of hydrogen-bond donors (Lipinski definition) is 5. The van der Waals surface area contributed by atoms with Crippen LogP contribution in [0.1, 0.15) is 0 Å². The van der Waals surface area contributed by atoms with Crippen LogP contribution in [0.2, 0.25) is 0 Å². The summed E-state index contributed by atoms with van der Waals surface area (Å²) in [7, 11) is 0.